The molecule has 0 radical (unpaired) electrons. The molecule has 0 amide bonds. The van der Waals surface area contributed by atoms with E-state index in [0.717, 1.165) is 26.3 Å². The van der Waals surface area contributed by atoms with Gasteiger partial charge in [-0.25, -0.2) is 9.97 Å². The Morgan fingerprint density at radius 1 is 1.00 bits per heavy atom. The van der Waals surface area contributed by atoms with Gasteiger partial charge in [0.05, 0.1) is 12.8 Å². The lowest BCUT2D eigenvalue weighted by Crippen LogP contribution is -2.06. The molecule has 7 heteroatoms. The van der Waals surface area contributed by atoms with E-state index in [-0.39, 0.29) is 0 Å². The van der Waals surface area contributed by atoms with Crippen LogP contribution in [0.25, 0.3) is 0 Å². The smallest absolute Gasteiger partial charge is 0.159 e. The lowest BCUT2D eigenvalue weighted by Gasteiger charge is -2.15. The Morgan fingerprint density at radius 2 is 1.68 bits per heavy atom. The molecule has 0 aliphatic carbocycles. The molecule has 128 valence electrons. The van der Waals surface area contributed by atoms with Crippen LogP contribution < -0.4 is 21.1 Å². The van der Waals surface area contributed by atoms with Crippen molar-refractivity contribution < 1.29 is 4.74 Å². The van der Waals surface area contributed by atoms with Crippen LogP contribution in [0, 0.1) is 10.5 Å². The number of aryl methyl sites for hydroxylation is 1. The standard InChI is InChI=1S/C18H18IN5O/c1-11-3-8-15(25-2)14(9-11)24-18-16(20)17(21-10-22-18)23-13-6-4-12(19)5-7-13/h3-10H,20H2,1-2H3,(H2,21,22,23,24). The van der Waals surface area contributed by atoms with E-state index in [4.69, 9.17) is 10.5 Å². The molecule has 6 nitrogen and oxygen atoms in total. The second-order valence-corrected chi connectivity index (χ2v) is 6.69. The van der Waals surface area contributed by atoms with E-state index in [1.54, 1.807) is 7.11 Å². The molecule has 3 aromatic rings. The Labute approximate surface area is 160 Å². The van der Waals surface area contributed by atoms with E-state index >= 15 is 0 Å². The Kier molecular flexibility index (Phi) is 5.22. The van der Waals surface area contributed by atoms with Gasteiger partial charge >= 0.3 is 0 Å². The van der Waals surface area contributed by atoms with Gasteiger partial charge in [0.1, 0.15) is 17.8 Å². The molecule has 0 unspecified atom stereocenters. The summed E-state index contributed by atoms with van der Waals surface area (Å²) in [6, 6.07) is 13.8. The topological polar surface area (TPSA) is 85.1 Å². The number of halogens is 1. The lowest BCUT2D eigenvalue weighted by atomic mass is 10.2. The van der Waals surface area contributed by atoms with E-state index in [0.29, 0.717) is 17.3 Å². The number of hydrogen-bond acceptors (Lipinski definition) is 6. The number of rotatable bonds is 5. The third-order valence-electron chi connectivity index (χ3n) is 3.60. The fourth-order valence-corrected chi connectivity index (χ4v) is 2.67. The summed E-state index contributed by atoms with van der Waals surface area (Å²) in [7, 11) is 1.63. The molecule has 1 heterocycles. The summed E-state index contributed by atoms with van der Waals surface area (Å²) < 4.78 is 6.55. The van der Waals surface area contributed by atoms with Crippen LogP contribution in [0.2, 0.25) is 0 Å². The van der Waals surface area contributed by atoms with Gasteiger partial charge in [0, 0.05) is 9.26 Å². The van der Waals surface area contributed by atoms with Crippen LogP contribution in [0.5, 0.6) is 5.75 Å². The zero-order chi connectivity index (χ0) is 17.8. The highest BCUT2D eigenvalue weighted by Crippen LogP contribution is 2.32. The van der Waals surface area contributed by atoms with Gasteiger partial charge in [-0.2, -0.15) is 0 Å². The summed E-state index contributed by atoms with van der Waals surface area (Å²) in [6.45, 7) is 2.01. The van der Waals surface area contributed by atoms with Crippen LogP contribution in [-0.4, -0.2) is 17.1 Å². The minimum absolute atomic E-state index is 0.435. The molecule has 4 N–H and O–H groups in total. The van der Waals surface area contributed by atoms with Gasteiger partial charge in [-0.1, -0.05) is 6.07 Å². The van der Waals surface area contributed by atoms with Crippen molar-refractivity contribution in [2.75, 3.05) is 23.5 Å². The van der Waals surface area contributed by atoms with Crippen molar-refractivity contribution in [2.45, 2.75) is 6.92 Å². The minimum atomic E-state index is 0.435. The predicted molar refractivity (Wildman–Crippen MR) is 110 cm³/mol. The normalized spacial score (nSPS) is 10.4. The summed E-state index contributed by atoms with van der Waals surface area (Å²) in [5.41, 5.74) is 9.49. The first kappa shape index (κ1) is 17.3. The molecule has 0 aliphatic rings. The van der Waals surface area contributed by atoms with Crippen molar-refractivity contribution in [3.63, 3.8) is 0 Å². The number of nitrogens with zero attached hydrogens (tertiary/aromatic N) is 2. The molecule has 0 fully saturated rings. The molecule has 0 aliphatic heterocycles. The zero-order valence-corrected chi connectivity index (χ0v) is 16.0. The van der Waals surface area contributed by atoms with Crippen LogP contribution >= 0.6 is 22.6 Å². The van der Waals surface area contributed by atoms with Crippen molar-refractivity contribution in [2.24, 2.45) is 0 Å². The van der Waals surface area contributed by atoms with Crippen LogP contribution in [0.15, 0.2) is 48.8 Å². The molecule has 0 spiro atoms. The summed E-state index contributed by atoms with van der Waals surface area (Å²) >= 11 is 2.26. The Bertz CT molecular complexity index is 883. The second-order valence-electron chi connectivity index (χ2n) is 5.45. The fraction of sp³-hybridized carbons (Fsp3) is 0.111. The largest absolute Gasteiger partial charge is 0.495 e. The van der Waals surface area contributed by atoms with Gasteiger partial charge in [-0.15, -0.1) is 0 Å². The van der Waals surface area contributed by atoms with Crippen molar-refractivity contribution >= 4 is 51.3 Å². The number of aromatic nitrogens is 2. The molecule has 0 bridgehead atoms. The van der Waals surface area contributed by atoms with Gasteiger partial charge < -0.3 is 21.1 Å². The van der Waals surface area contributed by atoms with Gasteiger partial charge in [0.15, 0.2) is 11.6 Å². The van der Waals surface area contributed by atoms with Crippen molar-refractivity contribution in [1.82, 2.24) is 9.97 Å². The van der Waals surface area contributed by atoms with Crippen molar-refractivity contribution in [3.8, 4) is 5.75 Å². The SMILES string of the molecule is COc1ccc(C)cc1Nc1ncnc(Nc2ccc(I)cc2)c1N. The quantitative estimate of drug-likeness (QED) is 0.501. The van der Waals surface area contributed by atoms with Gasteiger partial charge in [-0.3, -0.25) is 0 Å². The molecule has 3 rings (SSSR count). The molecule has 0 atom stereocenters. The number of ether oxygens (including phenoxy) is 1. The number of nitrogen functional groups attached to an aromatic ring is 1. The lowest BCUT2D eigenvalue weighted by molar-refractivity contribution is 0.416. The average Bonchev–Trinajstić information content (AvgIpc) is 2.60. The van der Waals surface area contributed by atoms with Gasteiger partial charge in [0.2, 0.25) is 0 Å². The molecule has 0 saturated carbocycles. The molecule has 25 heavy (non-hydrogen) atoms. The van der Waals surface area contributed by atoms with Crippen LogP contribution in [0.3, 0.4) is 0 Å². The van der Waals surface area contributed by atoms with Gasteiger partial charge in [0.25, 0.3) is 0 Å². The monoisotopic (exact) mass is 447 g/mol. The highest BCUT2D eigenvalue weighted by molar-refractivity contribution is 14.1. The Balaban J connectivity index is 1.88. The first-order valence-electron chi connectivity index (χ1n) is 7.61. The average molecular weight is 447 g/mol. The maximum absolute atomic E-state index is 6.25. The van der Waals surface area contributed by atoms with E-state index < -0.39 is 0 Å². The molecule has 0 saturated heterocycles. The minimum Gasteiger partial charge on any atom is -0.495 e. The highest BCUT2D eigenvalue weighted by Gasteiger charge is 2.11. The maximum atomic E-state index is 6.25. The highest BCUT2D eigenvalue weighted by atomic mass is 127. The van der Waals surface area contributed by atoms with Crippen LogP contribution in [0.1, 0.15) is 5.56 Å². The first-order valence-corrected chi connectivity index (χ1v) is 8.69. The Hall–Kier alpha value is -2.55. The molecular formula is C18H18IN5O. The third-order valence-corrected chi connectivity index (χ3v) is 4.32. The van der Waals surface area contributed by atoms with Crippen LogP contribution in [-0.2, 0) is 0 Å². The third kappa shape index (κ3) is 4.11. The summed E-state index contributed by atoms with van der Waals surface area (Å²) in [6.07, 6.45) is 1.47. The summed E-state index contributed by atoms with van der Waals surface area (Å²) in [5.74, 6) is 1.79. The second kappa shape index (κ2) is 7.56. The van der Waals surface area contributed by atoms with Gasteiger partial charge in [-0.05, 0) is 71.5 Å². The zero-order valence-electron chi connectivity index (χ0n) is 13.9. The van der Waals surface area contributed by atoms with E-state index in [1.807, 2.05) is 49.4 Å². The van der Waals surface area contributed by atoms with E-state index in [1.165, 1.54) is 6.33 Å². The van der Waals surface area contributed by atoms with Crippen molar-refractivity contribution in [3.05, 3.63) is 57.9 Å². The van der Waals surface area contributed by atoms with E-state index in [9.17, 15) is 0 Å². The summed E-state index contributed by atoms with van der Waals surface area (Å²) in [5, 5.41) is 6.44. The number of anilines is 5. The number of benzene rings is 2. The number of hydrogen-bond donors (Lipinski definition) is 3. The predicted octanol–water partition coefficient (Wildman–Crippen LogP) is 4.47. The maximum Gasteiger partial charge on any atom is 0.159 e. The summed E-state index contributed by atoms with van der Waals surface area (Å²) in [4.78, 5) is 8.49. The van der Waals surface area contributed by atoms with E-state index in [2.05, 4.69) is 43.2 Å². The first-order chi connectivity index (χ1) is 12.1. The number of nitrogens with two attached hydrogens (primary N) is 1. The fourth-order valence-electron chi connectivity index (χ4n) is 2.31. The van der Waals surface area contributed by atoms with Crippen molar-refractivity contribution in [1.29, 1.82) is 0 Å². The number of nitrogens with one attached hydrogen (secondary N) is 2. The molecular weight excluding hydrogens is 429 g/mol. The van der Waals surface area contributed by atoms with Crippen LogP contribution in [0.4, 0.5) is 28.7 Å². The molecule has 1 aromatic heterocycles. The number of methoxy groups -OCH3 is 1. The Morgan fingerprint density at radius 3 is 2.36 bits per heavy atom. The molecule has 2 aromatic carbocycles.